The Hall–Kier alpha value is -3.15. The van der Waals surface area contributed by atoms with Gasteiger partial charge >= 0.3 is 0 Å². The summed E-state index contributed by atoms with van der Waals surface area (Å²) in [7, 11) is 0. The van der Waals surface area contributed by atoms with Crippen molar-refractivity contribution in [2.24, 2.45) is 0 Å². The monoisotopic (exact) mass is 364 g/mol. The number of benzene rings is 2. The van der Waals surface area contributed by atoms with E-state index >= 15 is 0 Å². The Morgan fingerprint density at radius 2 is 1.89 bits per heavy atom. The zero-order chi connectivity index (χ0) is 19.4. The van der Waals surface area contributed by atoms with Crippen molar-refractivity contribution in [2.75, 3.05) is 6.54 Å². The number of hydrogen-bond acceptors (Lipinski definition) is 3. The maximum atomic E-state index is 12.3. The minimum atomic E-state index is -0.612. The van der Waals surface area contributed by atoms with Crippen LogP contribution in [0.5, 0.6) is 0 Å². The van der Waals surface area contributed by atoms with E-state index in [4.69, 9.17) is 0 Å². The van der Waals surface area contributed by atoms with Crippen LogP contribution in [0.15, 0.2) is 48.5 Å². The molecule has 1 aromatic heterocycles. The minimum absolute atomic E-state index is 0.210. The SMILES string of the molecule is Cc1cccc(C(=O)NC(C)C(=O)NCCn2c(C)nc3ccccc32)c1. The number of amides is 2. The highest BCUT2D eigenvalue weighted by atomic mass is 16.2. The van der Waals surface area contributed by atoms with Gasteiger partial charge in [-0.05, 0) is 45.0 Å². The molecule has 0 saturated carbocycles. The lowest BCUT2D eigenvalue weighted by Crippen LogP contribution is -2.45. The molecule has 3 aromatic rings. The van der Waals surface area contributed by atoms with Crippen LogP contribution in [0.3, 0.4) is 0 Å². The van der Waals surface area contributed by atoms with Crippen molar-refractivity contribution in [3.05, 3.63) is 65.5 Å². The summed E-state index contributed by atoms with van der Waals surface area (Å²) in [4.78, 5) is 29.1. The fourth-order valence-electron chi connectivity index (χ4n) is 3.05. The van der Waals surface area contributed by atoms with Crippen molar-refractivity contribution >= 4 is 22.8 Å². The van der Waals surface area contributed by atoms with Crippen LogP contribution in [0.25, 0.3) is 11.0 Å². The van der Waals surface area contributed by atoms with Crippen molar-refractivity contribution in [3.8, 4) is 0 Å². The maximum Gasteiger partial charge on any atom is 0.251 e. The third-order valence-corrected chi connectivity index (χ3v) is 4.50. The van der Waals surface area contributed by atoms with Crippen LogP contribution in [0.4, 0.5) is 0 Å². The predicted octanol–water partition coefficient (Wildman–Crippen LogP) is 2.59. The van der Waals surface area contributed by atoms with Crippen LogP contribution in [0.1, 0.15) is 28.7 Å². The summed E-state index contributed by atoms with van der Waals surface area (Å²) in [5.74, 6) is 0.446. The Kier molecular flexibility index (Phi) is 5.54. The molecule has 0 radical (unpaired) electrons. The molecule has 0 saturated heterocycles. The Bertz CT molecular complexity index is 977. The second kappa shape index (κ2) is 8.03. The molecular weight excluding hydrogens is 340 g/mol. The number of fused-ring (bicyclic) bond motifs is 1. The second-order valence-corrected chi connectivity index (χ2v) is 6.66. The Balaban J connectivity index is 1.54. The number of rotatable bonds is 6. The average molecular weight is 364 g/mol. The van der Waals surface area contributed by atoms with E-state index in [0.717, 1.165) is 22.4 Å². The molecule has 6 nitrogen and oxygen atoms in total. The van der Waals surface area contributed by atoms with Crippen molar-refractivity contribution in [1.29, 1.82) is 0 Å². The first-order chi connectivity index (χ1) is 13.0. The van der Waals surface area contributed by atoms with Crippen molar-refractivity contribution < 1.29 is 9.59 Å². The number of carbonyl (C=O) groups excluding carboxylic acids is 2. The second-order valence-electron chi connectivity index (χ2n) is 6.66. The summed E-state index contributed by atoms with van der Waals surface area (Å²) >= 11 is 0. The number of carbonyl (C=O) groups is 2. The molecule has 0 spiro atoms. The van der Waals surface area contributed by atoms with Crippen LogP contribution in [-0.4, -0.2) is 34.0 Å². The van der Waals surface area contributed by atoms with E-state index in [2.05, 4.69) is 20.2 Å². The molecule has 2 aromatic carbocycles. The van der Waals surface area contributed by atoms with Crippen LogP contribution in [0, 0.1) is 13.8 Å². The first kappa shape index (κ1) is 18.6. The molecule has 27 heavy (non-hydrogen) atoms. The van der Waals surface area contributed by atoms with Gasteiger partial charge in [0.2, 0.25) is 5.91 Å². The quantitative estimate of drug-likeness (QED) is 0.706. The smallest absolute Gasteiger partial charge is 0.251 e. The van der Waals surface area contributed by atoms with Gasteiger partial charge in [0.25, 0.3) is 5.91 Å². The van der Waals surface area contributed by atoms with Crippen LogP contribution < -0.4 is 10.6 Å². The minimum Gasteiger partial charge on any atom is -0.353 e. The number of imidazole rings is 1. The molecule has 3 rings (SSSR count). The molecule has 0 bridgehead atoms. The summed E-state index contributed by atoms with van der Waals surface area (Å²) in [6.07, 6.45) is 0. The first-order valence-electron chi connectivity index (χ1n) is 9.03. The van der Waals surface area contributed by atoms with E-state index in [-0.39, 0.29) is 11.8 Å². The van der Waals surface area contributed by atoms with E-state index in [0.29, 0.717) is 18.7 Å². The number of nitrogens with zero attached hydrogens (tertiary/aromatic N) is 2. The zero-order valence-electron chi connectivity index (χ0n) is 15.8. The molecule has 140 valence electrons. The highest BCUT2D eigenvalue weighted by Crippen LogP contribution is 2.14. The number of para-hydroxylation sites is 2. The molecule has 1 heterocycles. The lowest BCUT2D eigenvalue weighted by molar-refractivity contribution is -0.122. The lowest BCUT2D eigenvalue weighted by atomic mass is 10.1. The molecule has 2 N–H and O–H groups in total. The Morgan fingerprint density at radius 3 is 2.67 bits per heavy atom. The summed E-state index contributed by atoms with van der Waals surface area (Å²) in [6, 6.07) is 14.6. The predicted molar refractivity (Wildman–Crippen MR) is 106 cm³/mol. The van der Waals surface area contributed by atoms with Crippen molar-refractivity contribution in [2.45, 2.75) is 33.4 Å². The van der Waals surface area contributed by atoms with Gasteiger partial charge in [0.1, 0.15) is 11.9 Å². The number of hydrogen-bond donors (Lipinski definition) is 2. The van der Waals surface area contributed by atoms with E-state index in [1.54, 1.807) is 19.1 Å². The molecule has 0 aliphatic heterocycles. The van der Waals surface area contributed by atoms with Gasteiger partial charge in [0.05, 0.1) is 11.0 Å². The normalized spacial score (nSPS) is 12.0. The third kappa shape index (κ3) is 4.34. The fraction of sp³-hybridized carbons (Fsp3) is 0.286. The fourth-order valence-corrected chi connectivity index (χ4v) is 3.05. The number of nitrogens with one attached hydrogen (secondary N) is 2. The molecule has 2 amide bonds. The molecule has 0 aliphatic carbocycles. The Labute approximate surface area is 158 Å². The lowest BCUT2D eigenvalue weighted by Gasteiger charge is -2.15. The van der Waals surface area contributed by atoms with Crippen LogP contribution in [-0.2, 0) is 11.3 Å². The largest absolute Gasteiger partial charge is 0.353 e. The molecular formula is C21H24N4O2. The maximum absolute atomic E-state index is 12.3. The van der Waals surface area contributed by atoms with Crippen molar-refractivity contribution in [3.63, 3.8) is 0 Å². The molecule has 0 fully saturated rings. The van der Waals surface area contributed by atoms with Crippen LogP contribution in [0.2, 0.25) is 0 Å². The zero-order valence-corrected chi connectivity index (χ0v) is 15.8. The molecule has 1 unspecified atom stereocenters. The molecule has 1 atom stereocenters. The highest BCUT2D eigenvalue weighted by Gasteiger charge is 2.16. The summed E-state index contributed by atoms with van der Waals surface area (Å²) in [6.45, 7) is 6.64. The van der Waals surface area contributed by atoms with Crippen LogP contribution >= 0.6 is 0 Å². The summed E-state index contributed by atoms with van der Waals surface area (Å²) < 4.78 is 2.08. The van der Waals surface area contributed by atoms with Gasteiger partial charge in [-0.3, -0.25) is 9.59 Å². The van der Waals surface area contributed by atoms with Gasteiger partial charge in [-0.2, -0.15) is 0 Å². The van der Waals surface area contributed by atoms with Gasteiger partial charge < -0.3 is 15.2 Å². The Morgan fingerprint density at radius 1 is 1.11 bits per heavy atom. The van der Waals surface area contributed by atoms with E-state index < -0.39 is 6.04 Å². The summed E-state index contributed by atoms with van der Waals surface area (Å²) in [5, 5.41) is 5.62. The van der Waals surface area contributed by atoms with E-state index in [1.165, 1.54) is 0 Å². The number of aromatic nitrogens is 2. The number of aryl methyl sites for hydroxylation is 2. The van der Waals surface area contributed by atoms with E-state index in [9.17, 15) is 9.59 Å². The van der Waals surface area contributed by atoms with Crippen molar-refractivity contribution in [1.82, 2.24) is 20.2 Å². The molecule has 0 aliphatic rings. The van der Waals surface area contributed by atoms with Gasteiger partial charge in [-0.1, -0.05) is 29.8 Å². The van der Waals surface area contributed by atoms with Gasteiger partial charge in [0.15, 0.2) is 0 Å². The highest BCUT2D eigenvalue weighted by molar-refractivity contribution is 5.97. The standard InChI is InChI=1S/C21H24N4O2/c1-14-7-6-8-17(13-14)21(27)23-15(2)20(26)22-11-12-25-16(3)24-18-9-4-5-10-19(18)25/h4-10,13,15H,11-12H2,1-3H3,(H,22,26)(H,23,27). The average Bonchev–Trinajstić information content (AvgIpc) is 2.97. The van der Waals surface area contributed by atoms with Gasteiger partial charge in [0, 0.05) is 18.7 Å². The topological polar surface area (TPSA) is 76.0 Å². The van der Waals surface area contributed by atoms with Gasteiger partial charge in [-0.15, -0.1) is 0 Å². The summed E-state index contributed by atoms with van der Waals surface area (Å²) in [5.41, 5.74) is 3.54. The third-order valence-electron chi connectivity index (χ3n) is 4.50. The first-order valence-corrected chi connectivity index (χ1v) is 9.03. The van der Waals surface area contributed by atoms with Gasteiger partial charge in [-0.25, -0.2) is 4.98 Å². The molecule has 6 heteroatoms. The van der Waals surface area contributed by atoms with E-state index in [1.807, 2.05) is 50.2 Å².